The summed E-state index contributed by atoms with van der Waals surface area (Å²) in [5, 5.41) is 2.85. The average Bonchev–Trinajstić information content (AvgIpc) is 2.73. The van der Waals surface area contributed by atoms with Crippen molar-refractivity contribution in [1.29, 1.82) is 0 Å². The zero-order chi connectivity index (χ0) is 18.8. The maximum absolute atomic E-state index is 11.4. The highest BCUT2D eigenvalue weighted by Crippen LogP contribution is 2.39. The number of carbonyl (C=O) groups is 1. The van der Waals surface area contributed by atoms with Crippen LogP contribution in [-0.2, 0) is 14.1 Å². The number of aryl methyl sites for hydroxylation is 1. The van der Waals surface area contributed by atoms with E-state index in [1.807, 2.05) is 58.9 Å². The van der Waals surface area contributed by atoms with Gasteiger partial charge >= 0.3 is 7.12 Å². The van der Waals surface area contributed by atoms with Crippen LogP contribution in [0.1, 0.15) is 45.7 Å². The molecule has 0 unspecified atom stereocenters. The van der Waals surface area contributed by atoms with E-state index in [9.17, 15) is 4.79 Å². The molecule has 1 heterocycles. The largest absolute Gasteiger partial charge is 0.497 e. The van der Waals surface area contributed by atoms with Gasteiger partial charge in [0.2, 0.25) is 5.91 Å². The molecule has 1 N–H and O–H groups in total. The number of nitrogens with one attached hydrogen (secondary N) is 1. The minimum absolute atomic E-state index is 0.0928. The molecule has 1 aliphatic heterocycles. The lowest BCUT2D eigenvalue weighted by Gasteiger charge is -2.32. The summed E-state index contributed by atoms with van der Waals surface area (Å²) in [4.78, 5) is 11.4. The molecule has 1 amide bonds. The van der Waals surface area contributed by atoms with Gasteiger partial charge in [-0.15, -0.1) is 0 Å². The summed E-state index contributed by atoms with van der Waals surface area (Å²) in [7, 11) is 1.13. The Balaban J connectivity index is 2.38. The van der Waals surface area contributed by atoms with E-state index in [4.69, 9.17) is 14.0 Å². The van der Waals surface area contributed by atoms with Crippen LogP contribution in [0, 0.1) is 6.92 Å². The third-order valence-electron chi connectivity index (χ3n) is 4.92. The predicted octanol–water partition coefficient (Wildman–Crippen LogP) is 3.15. The molecule has 5 nitrogen and oxygen atoms in total. The lowest BCUT2D eigenvalue weighted by molar-refractivity contribution is -0.118. The Morgan fingerprint density at radius 1 is 1.24 bits per heavy atom. The van der Waals surface area contributed by atoms with Gasteiger partial charge in [0.15, 0.2) is 0 Å². The molecule has 0 aliphatic carbocycles. The van der Waals surface area contributed by atoms with Crippen molar-refractivity contribution in [1.82, 2.24) is 5.32 Å². The molecule has 0 saturated carbocycles. The number of ether oxygens (including phenoxy) is 1. The SMILES string of the molecule is COc1ccc(C)c(C=C(CNC(C)=O)B2OC(C)(C)C(C)(C)O2)c1. The minimum Gasteiger partial charge on any atom is -0.497 e. The highest BCUT2D eigenvalue weighted by Gasteiger charge is 2.52. The summed E-state index contributed by atoms with van der Waals surface area (Å²) in [5.74, 6) is 0.689. The monoisotopic (exact) mass is 345 g/mol. The molecule has 1 fully saturated rings. The highest BCUT2D eigenvalue weighted by molar-refractivity contribution is 6.56. The smallest absolute Gasteiger partial charge is 0.492 e. The van der Waals surface area contributed by atoms with Gasteiger partial charge in [-0.3, -0.25) is 4.79 Å². The lowest BCUT2D eigenvalue weighted by Crippen LogP contribution is -2.41. The second-order valence-electron chi connectivity index (χ2n) is 7.44. The van der Waals surface area contributed by atoms with Crippen molar-refractivity contribution in [3.8, 4) is 5.75 Å². The lowest BCUT2D eigenvalue weighted by atomic mass is 9.76. The first-order valence-electron chi connectivity index (χ1n) is 8.51. The Kier molecular flexibility index (Phi) is 5.64. The van der Waals surface area contributed by atoms with Gasteiger partial charge in [-0.05, 0) is 63.4 Å². The van der Waals surface area contributed by atoms with E-state index >= 15 is 0 Å². The Labute approximate surface area is 150 Å². The van der Waals surface area contributed by atoms with Gasteiger partial charge in [0, 0.05) is 13.5 Å². The second kappa shape index (κ2) is 7.22. The Morgan fingerprint density at radius 2 is 1.84 bits per heavy atom. The maximum Gasteiger partial charge on any atom is 0.492 e. The summed E-state index contributed by atoms with van der Waals surface area (Å²) >= 11 is 0. The van der Waals surface area contributed by atoms with Crippen LogP contribution in [0.4, 0.5) is 0 Å². The van der Waals surface area contributed by atoms with E-state index in [1.165, 1.54) is 6.92 Å². The van der Waals surface area contributed by atoms with Crippen molar-refractivity contribution in [3.05, 3.63) is 34.8 Å². The fourth-order valence-corrected chi connectivity index (χ4v) is 2.52. The number of carbonyl (C=O) groups excluding carboxylic acids is 1. The van der Waals surface area contributed by atoms with Gasteiger partial charge in [-0.2, -0.15) is 0 Å². The molecule has 0 atom stereocenters. The summed E-state index contributed by atoms with van der Waals surface area (Å²) in [6.07, 6.45) is 2.01. The van der Waals surface area contributed by atoms with Crippen molar-refractivity contribution in [2.45, 2.75) is 52.7 Å². The number of methoxy groups -OCH3 is 1. The predicted molar refractivity (Wildman–Crippen MR) is 100 cm³/mol. The van der Waals surface area contributed by atoms with Crippen LogP contribution in [0.25, 0.3) is 6.08 Å². The van der Waals surface area contributed by atoms with E-state index in [1.54, 1.807) is 7.11 Å². The van der Waals surface area contributed by atoms with Crippen molar-refractivity contribution in [3.63, 3.8) is 0 Å². The van der Waals surface area contributed by atoms with E-state index < -0.39 is 18.3 Å². The standard InChI is InChI=1S/C19H28BNO4/c1-13-8-9-17(23-7)11-15(13)10-16(12-21-14(2)22)20-24-18(3,4)19(5,6)25-20/h8-11H,12H2,1-7H3,(H,21,22). The first kappa shape index (κ1) is 19.5. The average molecular weight is 345 g/mol. The second-order valence-corrected chi connectivity index (χ2v) is 7.44. The van der Waals surface area contributed by atoms with Crippen LogP contribution in [0.15, 0.2) is 23.7 Å². The number of hydrogen-bond acceptors (Lipinski definition) is 4. The third kappa shape index (κ3) is 4.44. The number of rotatable bonds is 5. The van der Waals surface area contributed by atoms with Crippen molar-refractivity contribution < 1.29 is 18.8 Å². The van der Waals surface area contributed by atoms with E-state index in [0.29, 0.717) is 6.54 Å². The molecule has 25 heavy (non-hydrogen) atoms. The Hall–Kier alpha value is -1.79. The van der Waals surface area contributed by atoms with Crippen LogP contribution in [0.5, 0.6) is 5.75 Å². The van der Waals surface area contributed by atoms with Gasteiger partial charge < -0.3 is 19.4 Å². The van der Waals surface area contributed by atoms with Crippen molar-refractivity contribution in [2.75, 3.05) is 13.7 Å². The molecule has 1 saturated heterocycles. The maximum atomic E-state index is 11.4. The van der Waals surface area contributed by atoms with Crippen molar-refractivity contribution in [2.24, 2.45) is 0 Å². The molecular weight excluding hydrogens is 317 g/mol. The zero-order valence-electron chi connectivity index (χ0n) is 16.2. The van der Waals surface area contributed by atoms with Crippen LogP contribution in [0.3, 0.4) is 0 Å². The highest BCUT2D eigenvalue weighted by atomic mass is 16.7. The molecule has 1 aliphatic rings. The Morgan fingerprint density at radius 3 is 2.36 bits per heavy atom. The topological polar surface area (TPSA) is 56.8 Å². The van der Waals surface area contributed by atoms with Crippen LogP contribution in [-0.4, -0.2) is 37.9 Å². The molecule has 136 valence electrons. The summed E-state index contributed by atoms with van der Waals surface area (Å²) in [6.45, 7) is 12.0. The van der Waals surface area contributed by atoms with E-state index in [2.05, 4.69) is 5.32 Å². The molecule has 0 aromatic heterocycles. The van der Waals surface area contributed by atoms with Crippen LogP contribution in [0.2, 0.25) is 0 Å². The first-order valence-corrected chi connectivity index (χ1v) is 8.51. The molecule has 0 radical (unpaired) electrons. The van der Waals surface area contributed by atoms with E-state index in [0.717, 1.165) is 22.3 Å². The number of hydrogen-bond donors (Lipinski definition) is 1. The fraction of sp³-hybridized carbons (Fsp3) is 0.526. The van der Waals surface area contributed by atoms with Gasteiger partial charge in [-0.25, -0.2) is 0 Å². The number of benzene rings is 1. The summed E-state index contributed by atoms with van der Waals surface area (Å²) < 4.78 is 17.6. The molecule has 0 bridgehead atoms. The zero-order valence-corrected chi connectivity index (χ0v) is 16.2. The molecule has 2 rings (SSSR count). The van der Waals surface area contributed by atoms with Crippen LogP contribution >= 0.6 is 0 Å². The molecule has 1 aromatic carbocycles. The molecule has 1 aromatic rings. The fourth-order valence-electron chi connectivity index (χ4n) is 2.52. The summed E-state index contributed by atoms with van der Waals surface area (Å²) in [6, 6.07) is 5.90. The minimum atomic E-state index is -0.512. The van der Waals surface area contributed by atoms with E-state index in [-0.39, 0.29) is 5.91 Å². The number of amides is 1. The van der Waals surface area contributed by atoms with Gasteiger partial charge in [0.1, 0.15) is 5.75 Å². The quantitative estimate of drug-likeness (QED) is 0.833. The molecular formula is C19H28BNO4. The van der Waals surface area contributed by atoms with Crippen molar-refractivity contribution >= 4 is 19.1 Å². The molecule has 6 heteroatoms. The third-order valence-corrected chi connectivity index (χ3v) is 4.92. The molecule has 0 spiro atoms. The van der Waals surface area contributed by atoms with Gasteiger partial charge in [-0.1, -0.05) is 12.1 Å². The van der Waals surface area contributed by atoms with Crippen LogP contribution < -0.4 is 10.1 Å². The summed E-state index contributed by atoms with van der Waals surface area (Å²) in [5.41, 5.74) is 2.12. The first-order chi connectivity index (χ1) is 11.6. The van der Waals surface area contributed by atoms with Gasteiger partial charge in [0.25, 0.3) is 0 Å². The van der Waals surface area contributed by atoms with Gasteiger partial charge in [0.05, 0.1) is 18.3 Å². The Bertz CT molecular complexity index is 666. The normalized spacial score (nSPS) is 19.0.